The average Bonchev–Trinajstić information content (AvgIpc) is 2.46. The molecule has 3 heteroatoms. The quantitative estimate of drug-likeness (QED) is 0.889. The van der Waals surface area contributed by atoms with Crippen molar-refractivity contribution in [3.63, 3.8) is 0 Å². The molecule has 19 heavy (non-hydrogen) atoms. The van der Waals surface area contributed by atoms with Gasteiger partial charge in [-0.3, -0.25) is 0 Å². The summed E-state index contributed by atoms with van der Waals surface area (Å²) in [6.45, 7) is 2.97. The van der Waals surface area contributed by atoms with Gasteiger partial charge in [0.25, 0.3) is 0 Å². The van der Waals surface area contributed by atoms with Crippen LogP contribution < -0.4 is 4.90 Å². The number of hydrogen-bond donors (Lipinski definition) is 1. The number of benzene rings is 2. The first-order valence-electron chi connectivity index (χ1n) is 6.45. The van der Waals surface area contributed by atoms with Gasteiger partial charge in [0.15, 0.2) is 0 Å². The predicted molar refractivity (Wildman–Crippen MR) is 75.7 cm³/mol. The van der Waals surface area contributed by atoms with Crippen LogP contribution in [0.25, 0.3) is 0 Å². The lowest BCUT2D eigenvalue weighted by Crippen LogP contribution is -2.29. The summed E-state index contributed by atoms with van der Waals surface area (Å²) >= 11 is 0. The van der Waals surface area contributed by atoms with Crippen molar-refractivity contribution in [1.82, 2.24) is 0 Å². The topological polar surface area (TPSA) is 23.5 Å². The molecule has 0 spiro atoms. The highest BCUT2D eigenvalue weighted by molar-refractivity contribution is 5.47. The fourth-order valence-corrected chi connectivity index (χ4v) is 2.10. The summed E-state index contributed by atoms with van der Waals surface area (Å²) in [5.74, 6) is -0.260. The molecule has 1 unspecified atom stereocenters. The van der Waals surface area contributed by atoms with E-state index in [0.717, 1.165) is 5.56 Å². The molecule has 2 aromatic carbocycles. The van der Waals surface area contributed by atoms with Crippen LogP contribution in [0.15, 0.2) is 54.6 Å². The number of aliphatic hydroxyl groups excluding tert-OH is 1. The van der Waals surface area contributed by atoms with Gasteiger partial charge in [0.05, 0.1) is 11.8 Å². The minimum absolute atomic E-state index is 0.260. The van der Waals surface area contributed by atoms with E-state index >= 15 is 0 Å². The zero-order valence-electron chi connectivity index (χ0n) is 11.0. The van der Waals surface area contributed by atoms with Crippen LogP contribution in [-0.4, -0.2) is 18.2 Å². The van der Waals surface area contributed by atoms with Crippen molar-refractivity contribution in [2.45, 2.75) is 13.0 Å². The molecule has 0 saturated carbocycles. The molecule has 0 heterocycles. The molecule has 2 rings (SSSR count). The Hall–Kier alpha value is -1.87. The molecule has 100 valence electrons. The van der Waals surface area contributed by atoms with Crippen LogP contribution >= 0.6 is 0 Å². The molecule has 1 atom stereocenters. The molecule has 2 nitrogen and oxygen atoms in total. The van der Waals surface area contributed by atoms with E-state index in [-0.39, 0.29) is 5.82 Å². The second-order valence-corrected chi connectivity index (χ2v) is 4.42. The average molecular weight is 259 g/mol. The van der Waals surface area contributed by atoms with Gasteiger partial charge < -0.3 is 10.0 Å². The van der Waals surface area contributed by atoms with E-state index in [1.165, 1.54) is 6.07 Å². The van der Waals surface area contributed by atoms with Crippen LogP contribution in [0.5, 0.6) is 0 Å². The summed E-state index contributed by atoms with van der Waals surface area (Å²) in [6, 6.07) is 16.1. The van der Waals surface area contributed by atoms with Crippen LogP contribution in [0.2, 0.25) is 0 Å². The lowest BCUT2D eigenvalue weighted by molar-refractivity contribution is 0.183. The van der Waals surface area contributed by atoms with Gasteiger partial charge in [-0.1, -0.05) is 42.5 Å². The number of anilines is 1. The lowest BCUT2D eigenvalue weighted by Gasteiger charge is -2.26. The molecule has 0 amide bonds. The summed E-state index contributed by atoms with van der Waals surface area (Å²) in [4.78, 5) is 1.84. The number of nitrogens with zero attached hydrogens (tertiary/aromatic N) is 1. The molecule has 0 aliphatic rings. The maximum Gasteiger partial charge on any atom is 0.146 e. The molecule has 0 aliphatic carbocycles. The maximum absolute atomic E-state index is 13.8. The molecule has 0 bridgehead atoms. The van der Waals surface area contributed by atoms with E-state index in [1.54, 1.807) is 18.2 Å². The van der Waals surface area contributed by atoms with Gasteiger partial charge in [-0.25, -0.2) is 4.39 Å². The van der Waals surface area contributed by atoms with Gasteiger partial charge in [0.2, 0.25) is 0 Å². The van der Waals surface area contributed by atoms with Crippen LogP contribution in [0.3, 0.4) is 0 Å². The Morgan fingerprint density at radius 2 is 1.68 bits per heavy atom. The van der Waals surface area contributed by atoms with E-state index < -0.39 is 6.10 Å². The zero-order chi connectivity index (χ0) is 13.7. The summed E-state index contributed by atoms with van der Waals surface area (Å²) in [7, 11) is 0. The SMILES string of the molecule is CCN(CC(O)c1ccccc1)c1ccccc1F. The molecular formula is C16H18FNO. The molecule has 0 aromatic heterocycles. The smallest absolute Gasteiger partial charge is 0.146 e. The molecule has 0 fully saturated rings. The Bertz CT molecular complexity index is 515. The number of hydrogen-bond acceptors (Lipinski definition) is 2. The fourth-order valence-electron chi connectivity index (χ4n) is 2.10. The molecule has 0 saturated heterocycles. The Morgan fingerprint density at radius 1 is 1.05 bits per heavy atom. The zero-order valence-corrected chi connectivity index (χ0v) is 11.0. The van der Waals surface area contributed by atoms with Crippen molar-refractivity contribution >= 4 is 5.69 Å². The maximum atomic E-state index is 13.8. The van der Waals surface area contributed by atoms with E-state index in [1.807, 2.05) is 42.2 Å². The second-order valence-electron chi connectivity index (χ2n) is 4.42. The van der Waals surface area contributed by atoms with Gasteiger partial charge in [-0.05, 0) is 24.6 Å². The third-order valence-electron chi connectivity index (χ3n) is 3.15. The second kappa shape index (κ2) is 6.34. The van der Waals surface area contributed by atoms with Crippen molar-refractivity contribution in [1.29, 1.82) is 0 Å². The number of aliphatic hydroxyl groups is 1. The minimum atomic E-state index is -0.624. The molecule has 0 aliphatic heterocycles. The number of halogens is 1. The van der Waals surface area contributed by atoms with E-state index in [4.69, 9.17) is 0 Å². The van der Waals surface area contributed by atoms with Crippen molar-refractivity contribution in [2.24, 2.45) is 0 Å². The standard InChI is InChI=1S/C16H18FNO/c1-2-18(15-11-7-6-10-14(15)17)12-16(19)13-8-4-3-5-9-13/h3-11,16,19H,2,12H2,1H3. The molecule has 0 radical (unpaired) electrons. The van der Waals surface area contributed by atoms with Crippen LogP contribution in [-0.2, 0) is 0 Å². The Labute approximate surface area is 113 Å². The first-order chi connectivity index (χ1) is 9.22. The van der Waals surface area contributed by atoms with Crippen LogP contribution in [0, 0.1) is 5.82 Å². The third kappa shape index (κ3) is 3.32. The Balaban J connectivity index is 2.14. The highest BCUT2D eigenvalue weighted by atomic mass is 19.1. The summed E-state index contributed by atoms with van der Waals surface area (Å²) in [5.41, 5.74) is 1.37. The molecule has 1 N–H and O–H groups in total. The van der Waals surface area contributed by atoms with Gasteiger partial charge in [0, 0.05) is 13.1 Å². The van der Waals surface area contributed by atoms with Gasteiger partial charge in [-0.15, -0.1) is 0 Å². The van der Waals surface area contributed by atoms with Crippen LogP contribution in [0.4, 0.5) is 10.1 Å². The number of likely N-dealkylation sites (N-methyl/N-ethyl adjacent to an activating group) is 1. The van der Waals surface area contributed by atoms with Gasteiger partial charge >= 0.3 is 0 Å². The fraction of sp³-hybridized carbons (Fsp3) is 0.250. The number of para-hydroxylation sites is 1. The van der Waals surface area contributed by atoms with Crippen molar-refractivity contribution in [2.75, 3.05) is 18.0 Å². The van der Waals surface area contributed by atoms with E-state index in [0.29, 0.717) is 18.8 Å². The largest absolute Gasteiger partial charge is 0.387 e. The van der Waals surface area contributed by atoms with Gasteiger partial charge in [0.1, 0.15) is 5.82 Å². The normalized spacial score (nSPS) is 12.2. The Kier molecular flexibility index (Phi) is 4.53. The van der Waals surface area contributed by atoms with Crippen molar-refractivity contribution in [3.05, 3.63) is 66.0 Å². The Morgan fingerprint density at radius 3 is 2.32 bits per heavy atom. The van der Waals surface area contributed by atoms with E-state index in [2.05, 4.69) is 0 Å². The van der Waals surface area contributed by atoms with Crippen molar-refractivity contribution in [3.8, 4) is 0 Å². The van der Waals surface area contributed by atoms with E-state index in [9.17, 15) is 9.50 Å². The molecule has 2 aromatic rings. The van der Waals surface area contributed by atoms with Crippen molar-refractivity contribution < 1.29 is 9.50 Å². The first kappa shape index (κ1) is 13.6. The number of rotatable bonds is 5. The summed E-state index contributed by atoms with van der Waals surface area (Å²) < 4.78 is 13.8. The summed E-state index contributed by atoms with van der Waals surface area (Å²) in [5, 5.41) is 10.2. The molecular weight excluding hydrogens is 241 g/mol. The lowest BCUT2D eigenvalue weighted by atomic mass is 10.1. The minimum Gasteiger partial charge on any atom is -0.387 e. The van der Waals surface area contributed by atoms with Gasteiger partial charge in [-0.2, -0.15) is 0 Å². The third-order valence-corrected chi connectivity index (χ3v) is 3.15. The van der Waals surface area contributed by atoms with Crippen LogP contribution in [0.1, 0.15) is 18.6 Å². The monoisotopic (exact) mass is 259 g/mol. The highest BCUT2D eigenvalue weighted by Crippen LogP contribution is 2.22. The highest BCUT2D eigenvalue weighted by Gasteiger charge is 2.15. The summed E-state index contributed by atoms with van der Waals surface area (Å²) in [6.07, 6.45) is -0.624. The first-order valence-corrected chi connectivity index (χ1v) is 6.45. The predicted octanol–water partition coefficient (Wildman–Crippen LogP) is 3.39.